The molecule has 37 heavy (non-hydrogen) atoms. The third-order valence-electron chi connectivity index (χ3n) is 8.16. The van der Waals surface area contributed by atoms with Crippen molar-refractivity contribution in [1.29, 1.82) is 0 Å². The summed E-state index contributed by atoms with van der Waals surface area (Å²) in [5, 5.41) is 0. The van der Waals surface area contributed by atoms with Crippen molar-refractivity contribution in [3.8, 4) is 0 Å². The van der Waals surface area contributed by atoms with E-state index in [1.54, 1.807) is 0 Å². The van der Waals surface area contributed by atoms with Gasteiger partial charge in [0.2, 0.25) is 0 Å². The SMILES string of the molecule is C=C/C=C(\C=C/C)C(=C)C(CCCC(=C)CC)C(C1CCCCC1)C(CC)C(=C)c1ccccc1.CC. The largest absolute Gasteiger partial charge is 0.0999 e. The molecular weight excluding hydrogens is 444 g/mol. The zero-order valence-electron chi connectivity index (χ0n) is 24.9. The minimum absolute atomic E-state index is 0.426. The molecule has 0 heteroatoms. The first-order chi connectivity index (χ1) is 18.0. The Bertz CT molecular complexity index is 872. The van der Waals surface area contributed by atoms with Crippen molar-refractivity contribution < 1.29 is 0 Å². The molecule has 1 fully saturated rings. The van der Waals surface area contributed by atoms with Crippen molar-refractivity contribution >= 4 is 5.57 Å². The van der Waals surface area contributed by atoms with Crippen LogP contribution in [0.2, 0.25) is 0 Å². The smallest absolute Gasteiger partial charge is 0.0125 e. The van der Waals surface area contributed by atoms with Crippen molar-refractivity contribution in [1.82, 2.24) is 0 Å². The maximum atomic E-state index is 4.76. The molecule has 2 rings (SSSR count). The normalized spacial score (nSPS) is 16.8. The molecule has 0 amide bonds. The Kier molecular flexibility index (Phi) is 16.6. The molecule has 0 aliphatic heterocycles. The van der Waals surface area contributed by atoms with E-state index in [1.165, 1.54) is 66.4 Å². The molecule has 1 aromatic carbocycles. The van der Waals surface area contributed by atoms with Crippen molar-refractivity contribution in [2.24, 2.45) is 23.7 Å². The van der Waals surface area contributed by atoms with E-state index in [-0.39, 0.29) is 0 Å². The highest BCUT2D eigenvalue weighted by atomic mass is 14.4. The van der Waals surface area contributed by atoms with Gasteiger partial charge in [0.15, 0.2) is 0 Å². The van der Waals surface area contributed by atoms with Gasteiger partial charge in [0.05, 0.1) is 0 Å². The summed E-state index contributed by atoms with van der Waals surface area (Å²) in [5.74, 6) is 2.15. The fourth-order valence-electron chi connectivity index (χ4n) is 6.21. The first kappa shape index (κ1) is 32.7. The zero-order chi connectivity index (χ0) is 27.6. The van der Waals surface area contributed by atoms with Crippen LogP contribution in [-0.4, -0.2) is 0 Å². The van der Waals surface area contributed by atoms with Crippen LogP contribution in [0.1, 0.15) is 104 Å². The number of rotatable bonds is 15. The maximum absolute atomic E-state index is 4.76. The van der Waals surface area contributed by atoms with Gasteiger partial charge >= 0.3 is 0 Å². The second-order valence-electron chi connectivity index (χ2n) is 10.4. The van der Waals surface area contributed by atoms with Crippen LogP contribution < -0.4 is 0 Å². The molecule has 1 aliphatic carbocycles. The van der Waals surface area contributed by atoms with E-state index in [4.69, 9.17) is 13.2 Å². The van der Waals surface area contributed by atoms with Gasteiger partial charge in [-0.15, -0.1) is 0 Å². The lowest BCUT2D eigenvalue weighted by molar-refractivity contribution is 0.146. The molecule has 3 unspecified atom stereocenters. The van der Waals surface area contributed by atoms with E-state index in [1.807, 2.05) is 19.9 Å². The summed E-state index contributed by atoms with van der Waals surface area (Å²) in [4.78, 5) is 0. The summed E-state index contributed by atoms with van der Waals surface area (Å²) in [6.07, 6.45) is 20.8. The molecular formula is C37H56. The van der Waals surface area contributed by atoms with Crippen LogP contribution in [0.4, 0.5) is 0 Å². The molecule has 0 spiro atoms. The summed E-state index contributed by atoms with van der Waals surface area (Å²) in [7, 11) is 0. The molecule has 204 valence electrons. The van der Waals surface area contributed by atoms with Crippen molar-refractivity contribution in [3.05, 3.63) is 103 Å². The van der Waals surface area contributed by atoms with E-state index < -0.39 is 0 Å². The summed E-state index contributed by atoms with van der Waals surface area (Å²) in [6.45, 7) is 28.4. The van der Waals surface area contributed by atoms with Crippen LogP contribution in [0, 0.1) is 23.7 Å². The molecule has 1 aliphatic rings. The highest BCUT2D eigenvalue weighted by Gasteiger charge is 2.38. The van der Waals surface area contributed by atoms with E-state index in [0.717, 1.165) is 31.6 Å². The van der Waals surface area contributed by atoms with Gasteiger partial charge in [0.1, 0.15) is 0 Å². The van der Waals surface area contributed by atoms with Gasteiger partial charge in [-0.1, -0.05) is 146 Å². The first-order valence-electron chi connectivity index (χ1n) is 15.0. The van der Waals surface area contributed by atoms with Gasteiger partial charge in [-0.05, 0) is 85.0 Å². The van der Waals surface area contributed by atoms with Gasteiger partial charge in [0.25, 0.3) is 0 Å². The Morgan fingerprint density at radius 1 is 0.973 bits per heavy atom. The predicted octanol–water partition coefficient (Wildman–Crippen LogP) is 11.9. The monoisotopic (exact) mass is 500 g/mol. The fourth-order valence-corrected chi connectivity index (χ4v) is 6.21. The van der Waals surface area contributed by atoms with Crippen molar-refractivity contribution in [2.75, 3.05) is 0 Å². The average Bonchev–Trinajstić information content (AvgIpc) is 2.95. The van der Waals surface area contributed by atoms with Crippen LogP contribution in [0.3, 0.4) is 0 Å². The van der Waals surface area contributed by atoms with Crippen LogP contribution in [-0.2, 0) is 0 Å². The van der Waals surface area contributed by atoms with Gasteiger partial charge in [-0.3, -0.25) is 0 Å². The number of hydrogen-bond donors (Lipinski definition) is 0. The van der Waals surface area contributed by atoms with Crippen molar-refractivity contribution in [3.63, 3.8) is 0 Å². The standard InChI is InChI=1S/C35H50.C2H6/c1-8-19-30(20-9-2)29(7)34(26-18-21-27(5)10-3)35(32-24-16-13-17-25-32)33(11-4)28(6)31-22-14-12-15-23-31;1-2/h8-9,12,14-15,19-20,22-23,32-35H,1,5-7,10-11,13,16-18,21,24-26H2,2-4H3;1-2H3/b20-9-,30-19+;. The number of allylic oxidation sites excluding steroid dienone is 8. The Labute approximate surface area is 231 Å². The quantitative estimate of drug-likeness (QED) is 0.166. The zero-order valence-corrected chi connectivity index (χ0v) is 24.9. The molecule has 0 radical (unpaired) electrons. The van der Waals surface area contributed by atoms with E-state index >= 15 is 0 Å². The summed E-state index contributed by atoms with van der Waals surface area (Å²) >= 11 is 0. The molecule has 0 saturated heterocycles. The van der Waals surface area contributed by atoms with E-state index in [9.17, 15) is 0 Å². The summed E-state index contributed by atoms with van der Waals surface area (Å²) in [6, 6.07) is 10.9. The van der Waals surface area contributed by atoms with Crippen molar-refractivity contribution in [2.45, 2.75) is 98.8 Å². The molecule has 1 saturated carbocycles. The second-order valence-corrected chi connectivity index (χ2v) is 10.4. The lowest BCUT2D eigenvalue weighted by atomic mass is 9.62. The molecule has 0 N–H and O–H groups in total. The lowest BCUT2D eigenvalue weighted by Gasteiger charge is -2.43. The Hall–Kier alpha value is -2.34. The average molecular weight is 501 g/mol. The third-order valence-corrected chi connectivity index (χ3v) is 8.16. The Morgan fingerprint density at radius 3 is 2.16 bits per heavy atom. The molecule has 1 aromatic rings. The number of benzene rings is 1. The van der Waals surface area contributed by atoms with Crippen LogP contribution >= 0.6 is 0 Å². The second kappa shape index (κ2) is 18.8. The van der Waals surface area contributed by atoms with Crippen LogP contribution in [0.5, 0.6) is 0 Å². The fraction of sp³-hybridized carbons (Fsp3) is 0.514. The van der Waals surface area contributed by atoms with E-state index in [0.29, 0.717) is 17.8 Å². The Morgan fingerprint density at radius 2 is 1.62 bits per heavy atom. The predicted molar refractivity (Wildman–Crippen MR) is 170 cm³/mol. The highest BCUT2D eigenvalue weighted by Crippen LogP contribution is 2.48. The number of hydrogen-bond acceptors (Lipinski definition) is 0. The topological polar surface area (TPSA) is 0 Å². The van der Waals surface area contributed by atoms with Crippen LogP contribution in [0.25, 0.3) is 5.57 Å². The first-order valence-corrected chi connectivity index (χ1v) is 15.0. The molecule has 0 heterocycles. The minimum Gasteiger partial charge on any atom is -0.0999 e. The maximum Gasteiger partial charge on any atom is -0.0125 e. The lowest BCUT2D eigenvalue weighted by Crippen LogP contribution is -2.34. The van der Waals surface area contributed by atoms with Gasteiger partial charge in [-0.25, -0.2) is 0 Å². The molecule has 0 aromatic heterocycles. The van der Waals surface area contributed by atoms with Gasteiger partial charge < -0.3 is 0 Å². The van der Waals surface area contributed by atoms with Gasteiger partial charge in [-0.2, -0.15) is 0 Å². The summed E-state index contributed by atoms with van der Waals surface area (Å²) in [5.41, 5.74) is 6.46. The summed E-state index contributed by atoms with van der Waals surface area (Å²) < 4.78 is 0. The molecule has 0 bridgehead atoms. The molecule has 3 atom stereocenters. The highest BCUT2D eigenvalue weighted by molar-refractivity contribution is 5.65. The van der Waals surface area contributed by atoms with Crippen LogP contribution in [0.15, 0.2) is 97.7 Å². The molecule has 0 nitrogen and oxygen atoms in total. The third kappa shape index (κ3) is 10.1. The minimum atomic E-state index is 0.426. The van der Waals surface area contributed by atoms with Gasteiger partial charge in [0, 0.05) is 0 Å². The Balaban J connectivity index is 0.00000334. The van der Waals surface area contributed by atoms with E-state index in [2.05, 4.69) is 82.5 Å².